The maximum absolute atomic E-state index is 13.9. The second-order valence-corrected chi connectivity index (χ2v) is 11.1. The van der Waals surface area contributed by atoms with Crippen LogP contribution in [0.4, 0.5) is 10.1 Å². The normalized spacial score (nSPS) is 11.5. The van der Waals surface area contributed by atoms with E-state index in [1.807, 2.05) is 56.3 Å². The average molecular weight is 630 g/mol. The summed E-state index contributed by atoms with van der Waals surface area (Å²) in [4.78, 5) is 25.1. The number of fused-ring (bicyclic) bond motifs is 2. The minimum atomic E-state index is -0.298. The lowest BCUT2D eigenvalue weighted by Gasteiger charge is -2.10. The number of hydrogen-bond acceptors (Lipinski definition) is 4. The van der Waals surface area contributed by atoms with Crippen LogP contribution in [0, 0.1) is 15.3 Å². The number of nitrogens with zero attached hydrogens (tertiary/aromatic N) is 3. The number of halogens is 2. The molecule has 0 spiro atoms. The van der Waals surface area contributed by atoms with Crippen LogP contribution in [0.5, 0.6) is 0 Å². The van der Waals surface area contributed by atoms with Crippen LogP contribution >= 0.6 is 22.6 Å². The fraction of sp³-hybridized carbons (Fsp3) is 0.133. The molecule has 1 amide bonds. The number of hydrogen-bond donors (Lipinski definition) is 3. The first-order valence-corrected chi connectivity index (χ1v) is 13.6. The molecule has 0 atom stereocenters. The van der Waals surface area contributed by atoms with Crippen molar-refractivity contribution >= 4 is 56.1 Å². The number of carbonyl (C=O) groups is 1. The number of pyridine rings is 2. The molecule has 3 N–H and O–H groups in total. The van der Waals surface area contributed by atoms with Gasteiger partial charge in [-0.3, -0.25) is 14.9 Å². The summed E-state index contributed by atoms with van der Waals surface area (Å²) in [7, 11) is 0. The predicted octanol–water partition coefficient (Wildman–Crippen LogP) is 7.56. The Balaban J connectivity index is 1.40. The second-order valence-electron chi connectivity index (χ2n) is 9.88. The number of carbonyl (C=O) groups excluding carboxylic acids is 1. The van der Waals surface area contributed by atoms with Crippen LogP contribution in [0.25, 0.3) is 55.7 Å². The molecule has 4 aromatic heterocycles. The van der Waals surface area contributed by atoms with Crippen LogP contribution in [0.1, 0.15) is 20.3 Å². The molecule has 0 fully saturated rings. The minimum absolute atomic E-state index is 0.00982. The first kappa shape index (κ1) is 25.2. The van der Waals surface area contributed by atoms with E-state index in [-0.39, 0.29) is 17.6 Å². The van der Waals surface area contributed by atoms with Crippen molar-refractivity contribution in [3.63, 3.8) is 0 Å². The van der Waals surface area contributed by atoms with Crippen LogP contribution in [-0.4, -0.2) is 31.1 Å². The van der Waals surface area contributed by atoms with E-state index in [1.54, 1.807) is 18.5 Å². The highest BCUT2D eigenvalue weighted by Gasteiger charge is 2.16. The number of benzene rings is 2. The summed E-state index contributed by atoms with van der Waals surface area (Å²) in [6.45, 7) is 4.04. The van der Waals surface area contributed by atoms with Gasteiger partial charge in [0.15, 0.2) is 0 Å². The van der Waals surface area contributed by atoms with Gasteiger partial charge in [-0.25, -0.2) is 9.37 Å². The summed E-state index contributed by atoms with van der Waals surface area (Å²) < 4.78 is 14.9. The summed E-state index contributed by atoms with van der Waals surface area (Å²) >= 11 is 2.25. The van der Waals surface area contributed by atoms with Crippen LogP contribution in [0.3, 0.4) is 0 Å². The van der Waals surface area contributed by atoms with E-state index in [0.717, 1.165) is 53.8 Å². The first-order chi connectivity index (χ1) is 18.8. The molecule has 0 saturated carbocycles. The molecule has 0 aliphatic rings. The summed E-state index contributed by atoms with van der Waals surface area (Å²) in [6, 6.07) is 18.3. The molecule has 6 aromatic rings. The molecule has 39 heavy (non-hydrogen) atoms. The van der Waals surface area contributed by atoms with E-state index >= 15 is 0 Å². The molecule has 0 unspecified atom stereocenters. The van der Waals surface area contributed by atoms with Crippen LogP contribution < -0.4 is 5.32 Å². The smallest absolute Gasteiger partial charge is 0.224 e. The number of H-pyrrole nitrogens is 2. The standard InChI is InChI=1S/C30H24FIN6O/c1-16(2)8-28(39)34-21-11-18(10-20(32)12-21)24-6-7-25-29(36-24)30(38-37-25)26-13-22-23(14-33-15-27(22)35-26)17-4-3-5-19(31)9-17/h3-7,9-16,35H,8H2,1-2H3,(H,34,39)(H,37,38). The van der Waals surface area contributed by atoms with E-state index in [4.69, 9.17) is 4.98 Å². The molecule has 0 radical (unpaired) electrons. The van der Waals surface area contributed by atoms with Crippen molar-refractivity contribution in [2.75, 3.05) is 5.32 Å². The molecule has 9 heteroatoms. The van der Waals surface area contributed by atoms with Crippen LogP contribution in [-0.2, 0) is 4.79 Å². The summed E-state index contributed by atoms with van der Waals surface area (Å²) in [5.41, 5.74) is 7.75. The fourth-order valence-corrected chi connectivity index (χ4v) is 5.38. The highest BCUT2D eigenvalue weighted by Crippen LogP contribution is 2.34. The van der Waals surface area contributed by atoms with Crippen molar-refractivity contribution in [1.29, 1.82) is 0 Å². The van der Waals surface area contributed by atoms with E-state index in [0.29, 0.717) is 17.6 Å². The first-order valence-electron chi connectivity index (χ1n) is 12.5. The number of amides is 1. The van der Waals surface area contributed by atoms with Gasteiger partial charge >= 0.3 is 0 Å². The molecule has 194 valence electrons. The van der Waals surface area contributed by atoms with Gasteiger partial charge in [-0.1, -0.05) is 26.0 Å². The van der Waals surface area contributed by atoms with Crippen molar-refractivity contribution < 1.29 is 9.18 Å². The van der Waals surface area contributed by atoms with E-state index in [2.05, 4.69) is 48.1 Å². The van der Waals surface area contributed by atoms with Gasteiger partial charge in [-0.15, -0.1) is 0 Å². The molecular formula is C30H24FIN6O. The molecule has 0 bridgehead atoms. The van der Waals surface area contributed by atoms with Crippen LogP contribution in [0.15, 0.2) is 73.1 Å². The Bertz CT molecular complexity index is 1860. The van der Waals surface area contributed by atoms with Crippen molar-refractivity contribution in [3.05, 3.63) is 82.4 Å². The minimum Gasteiger partial charge on any atom is -0.352 e. The van der Waals surface area contributed by atoms with Gasteiger partial charge in [-0.05, 0) is 82.6 Å². The Kier molecular flexibility index (Phi) is 6.59. The zero-order valence-electron chi connectivity index (χ0n) is 21.2. The Morgan fingerprint density at radius 1 is 1.03 bits per heavy atom. The Labute approximate surface area is 237 Å². The highest BCUT2D eigenvalue weighted by atomic mass is 127. The molecular weight excluding hydrogens is 606 g/mol. The summed E-state index contributed by atoms with van der Waals surface area (Å²) in [5, 5.41) is 11.6. The van der Waals surface area contributed by atoms with Gasteiger partial charge in [-0.2, -0.15) is 5.10 Å². The molecule has 7 nitrogen and oxygen atoms in total. The summed E-state index contributed by atoms with van der Waals surface area (Å²) in [5.74, 6) is -0.0286. The third-order valence-corrected chi connectivity index (χ3v) is 7.04. The highest BCUT2D eigenvalue weighted by molar-refractivity contribution is 14.1. The third kappa shape index (κ3) is 5.14. The Hall–Kier alpha value is -4.12. The maximum atomic E-state index is 13.9. The molecule has 0 saturated heterocycles. The number of nitrogens with one attached hydrogen (secondary N) is 3. The molecule has 2 aromatic carbocycles. The van der Waals surface area contributed by atoms with Gasteiger partial charge < -0.3 is 10.3 Å². The van der Waals surface area contributed by atoms with Gasteiger partial charge in [0.2, 0.25) is 5.91 Å². The fourth-order valence-electron chi connectivity index (χ4n) is 4.70. The predicted molar refractivity (Wildman–Crippen MR) is 161 cm³/mol. The summed E-state index contributed by atoms with van der Waals surface area (Å²) in [6.07, 6.45) is 3.95. The van der Waals surface area contributed by atoms with Gasteiger partial charge in [0.1, 0.15) is 17.0 Å². The molecule has 0 aliphatic heterocycles. The number of aromatic amines is 2. The molecule has 0 aliphatic carbocycles. The molecule has 4 heterocycles. The van der Waals surface area contributed by atoms with Crippen molar-refractivity contribution in [1.82, 2.24) is 25.1 Å². The number of rotatable bonds is 6. The Morgan fingerprint density at radius 2 is 1.90 bits per heavy atom. The van der Waals surface area contributed by atoms with Crippen LogP contribution in [0.2, 0.25) is 0 Å². The Morgan fingerprint density at radius 3 is 2.72 bits per heavy atom. The SMILES string of the molecule is CC(C)CC(=O)Nc1cc(I)cc(-c2ccc3[nH]nc(-c4cc5c(-c6cccc(F)c6)cncc5[nH]4)c3n2)c1. The third-order valence-electron chi connectivity index (χ3n) is 6.42. The zero-order valence-corrected chi connectivity index (χ0v) is 23.4. The maximum Gasteiger partial charge on any atom is 0.224 e. The van der Waals surface area contributed by atoms with E-state index in [1.165, 1.54) is 12.1 Å². The van der Waals surface area contributed by atoms with E-state index in [9.17, 15) is 9.18 Å². The number of aromatic nitrogens is 5. The van der Waals surface area contributed by atoms with Gasteiger partial charge in [0, 0.05) is 38.4 Å². The van der Waals surface area contributed by atoms with E-state index < -0.39 is 0 Å². The van der Waals surface area contributed by atoms with Gasteiger partial charge in [0.05, 0.1) is 28.6 Å². The largest absolute Gasteiger partial charge is 0.352 e. The number of anilines is 1. The quantitative estimate of drug-likeness (QED) is 0.166. The van der Waals surface area contributed by atoms with Crippen molar-refractivity contribution in [2.45, 2.75) is 20.3 Å². The molecule has 6 rings (SSSR count). The lowest BCUT2D eigenvalue weighted by atomic mass is 10.0. The lowest BCUT2D eigenvalue weighted by molar-refractivity contribution is -0.116. The topological polar surface area (TPSA) is 99.4 Å². The monoisotopic (exact) mass is 630 g/mol. The second kappa shape index (κ2) is 10.2. The zero-order chi connectivity index (χ0) is 27.1. The lowest BCUT2D eigenvalue weighted by Crippen LogP contribution is -2.14. The average Bonchev–Trinajstić information content (AvgIpc) is 3.51. The van der Waals surface area contributed by atoms with Gasteiger partial charge in [0.25, 0.3) is 0 Å². The van der Waals surface area contributed by atoms with Crippen molar-refractivity contribution in [2.24, 2.45) is 5.92 Å². The van der Waals surface area contributed by atoms with Crippen molar-refractivity contribution in [3.8, 4) is 33.8 Å².